The Balaban J connectivity index is 1.11. The molecule has 67 heavy (non-hydrogen) atoms. The van der Waals surface area contributed by atoms with Crippen LogP contribution in [-0.4, -0.2) is 177 Å². The molecular formula is C44H58N8O15. The number of nitrogens with two attached hydrogens (primary N) is 1. The first-order valence-electron chi connectivity index (χ1n) is 21.6. The molecule has 0 saturated carbocycles. The van der Waals surface area contributed by atoms with Gasteiger partial charge in [0.1, 0.15) is 17.7 Å². The number of para-hydroxylation sites is 1. The van der Waals surface area contributed by atoms with Gasteiger partial charge < -0.3 is 50.7 Å². The largest absolute Gasteiger partial charge is 0.379 e. The minimum absolute atomic E-state index is 0.0395. The summed E-state index contributed by atoms with van der Waals surface area (Å²) in [5, 5.41) is 10.7. The zero-order valence-electron chi connectivity index (χ0n) is 37.4. The molecule has 6 N–H and O–H groups in total. The van der Waals surface area contributed by atoms with Crippen molar-refractivity contribution in [1.82, 2.24) is 30.7 Å². The van der Waals surface area contributed by atoms with Gasteiger partial charge in [0.05, 0.1) is 79.1 Å². The number of imide groups is 3. The van der Waals surface area contributed by atoms with E-state index in [-0.39, 0.29) is 84.8 Å². The molecule has 0 saturated heterocycles. The zero-order chi connectivity index (χ0) is 48.8. The van der Waals surface area contributed by atoms with Crippen molar-refractivity contribution in [2.45, 2.75) is 50.8 Å². The SMILES string of the molecule is CC(C)[C@H](NC(=O)CCOCCOCCOCCOCCOC(CN1C(=O)C=CC1=O)(CN1C(=O)C=CC1=O)CN1C(=O)C=CC1=O)C(=O)N[C@@H](CCCNC(N)=O)C(=O)Nc1ccccc1. The predicted octanol–water partition coefficient (Wildman–Crippen LogP) is -1.31. The maximum absolute atomic E-state index is 13.3. The standard InChI is InChI=1S/C44H58N8O15/c1-30(2)40(42(61)48-32(9-6-17-46-43(45)62)41(60)47-31-7-4-3-5-8-31)49-33(53)16-18-63-19-20-64-21-22-65-23-24-66-25-26-67-44(27-50-34(54)10-11-35(50)55,28-51-36(56)12-13-37(51)57)29-52-38(58)14-15-39(52)59/h3-5,7-8,10-15,30,32,40H,6,9,16-29H2,1-2H3,(H,47,60)(H,48,61)(H,49,53)(H3,45,46,62)/t32-,40-/m0/s1. The fraction of sp³-hybridized carbons (Fsp3) is 0.500. The molecule has 23 heteroatoms. The highest BCUT2D eigenvalue weighted by molar-refractivity contribution is 6.14. The molecule has 3 aliphatic rings. The molecule has 3 aliphatic heterocycles. The van der Waals surface area contributed by atoms with E-state index in [0.29, 0.717) is 12.1 Å². The Labute approximate surface area is 386 Å². The summed E-state index contributed by atoms with van der Waals surface area (Å²) >= 11 is 0. The number of urea groups is 1. The highest BCUT2D eigenvalue weighted by Gasteiger charge is 2.46. The van der Waals surface area contributed by atoms with Crippen molar-refractivity contribution in [3.05, 3.63) is 66.8 Å². The summed E-state index contributed by atoms with van der Waals surface area (Å²) in [5.74, 6) is -5.82. The van der Waals surface area contributed by atoms with E-state index < -0.39 is 96.5 Å². The fourth-order valence-electron chi connectivity index (χ4n) is 6.74. The van der Waals surface area contributed by atoms with Gasteiger partial charge in [0, 0.05) is 55.1 Å². The lowest BCUT2D eigenvalue weighted by Gasteiger charge is -2.40. The Morgan fingerprint density at radius 3 is 1.46 bits per heavy atom. The number of rotatable bonds is 32. The van der Waals surface area contributed by atoms with E-state index in [9.17, 15) is 47.9 Å². The Kier molecular flexibility index (Phi) is 21.4. The monoisotopic (exact) mass is 938 g/mol. The topological polar surface area (TPSA) is 301 Å². The number of carbonyl (C=O) groups excluding carboxylic acids is 10. The average Bonchev–Trinajstić information content (AvgIpc) is 3.90. The molecule has 1 aromatic rings. The Bertz CT molecular complexity index is 1880. The quantitative estimate of drug-likeness (QED) is 0.0414. The molecular weight excluding hydrogens is 881 g/mol. The average molecular weight is 939 g/mol. The maximum Gasteiger partial charge on any atom is 0.312 e. The Hall–Kier alpha value is -6.66. The smallest absolute Gasteiger partial charge is 0.312 e. The first-order valence-corrected chi connectivity index (χ1v) is 21.6. The molecule has 4 rings (SSSR count). The second-order valence-electron chi connectivity index (χ2n) is 15.7. The van der Waals surface area contributed by atoms with E-state index >= 15 is 0 Å². The third-order valence-corrected chi connectivity index (χ3v) is 10.2. The third-order valence-electron chi connectivity index (χ3n) is 10.2. The van der Waals surface area contributed by atoms with Gasteiger partial charge in [-0.2, -0.15) is 0 Å². The Morgan fingerprint density at radius 1 is 0.597 bits per heavy atom. The van der Waals surface area contributed by atoms with E-state index in [0.717, 1.165) is 51.2 Å². The van der Waals surface area contributed by atoms with E-state index in [1.54, 1.807) is 44.2 Å². The van der Waals surface area contributed by atoms with Crippen LogP contribution in [0.25, 0.3) is 0 Å². The van der Waals surface area contributed by atoms with E-state index in [1.807, 2.05) is 0 Å². The molecule has 0 unspecified atom stereocenters. The molecule has 1 aromatic carbocycles. The lowest BCUT2D eigenvalue weighted by molar-refractivity contribution is -0.157. The zero-order valence-corrected chi connectivity index (χ0v) is 37.4. The molecule has 23 nitrogen and oxygen atoms in total. The molecule has 0 fully saturated rings. The van der Waals surface area contributed by atoms with Crippen LogP contribution >= 0.6 is 0 Å². The van der Waals surface area contributed by atoms with Gasteiger partial charge in [0.15, 0.2) is 0 Å². The van der Waals surface area contributed by atoms with Gasteiger partial charge in [-0.1, -0.05) is 32.0 Å². The van der Waals surface area contributed by atoms with Crippen molar-refractivity contribution in [1.29, 1.82) is 0 Å². The fourth-order valence-corrected chi connectivity index (χ4v) is 6.74. The van der Waals surface area contributed by atoms with Gasteiger partial charge in [-0.15, -0.1) is 0 Å². The minimum atomic E-state index is -1.77. The van der Waals surface area contributed by atoms with Gasteiger partial charge in [0.25, 0.3) is 35.4 Å². The van der Waals surface area contributed by atoms with Crippen molar-refractivity contribution < 1.29 is 71.6 Å². The number of ether oxygens (including phenoxy) is 5. The molecule has 0 radical (unpaired) electrons. The summed E-state index contributed by atoms with van der Waals surface area (Å²) in [6.45, 7) is 3.18. The molecule has 0 bridgehead atoms. The normalized spacial score (nSPS) is 15.6. The van der Waals surface area contributed by atoms with Crippen molar-refractivity contribution >= 4 is 64.9 Å². The molecule has 3 heterocycles. The summed E-state index contributed by atoms with van der Waals surface area (Å²) in [6.07, 6.45) is 6.78. The molecule has 0 spiro atoms. The Morgan fingerprint density at radius 2 is 1.03 bits per heavy atom. The van der Waals surface area contributed by atoms with Crippen molar-refractivity contribution in [2.75, 3.05) is 91.0 Å². The van der Waals surface area contributed by atoms with Crippen LogP contribution in [0.3, 0.4) is 0 Å². The van der Waals surface area contributed by atoms with Crippen LogP contribution < -0.4 is 27.0 Å². The van der Waals surface area contributed by atoms with Crippen LogP contribution in [0, 0.1) is 5.92 Å². The first-order chi connectivity index (χ1) is 32.1. The van der Waals surface area contributed by atoms with Crippen LogP contribution in [-0.2, 0) is 66.8 Å². The second-order valence-corrected chi connectivity index (χ2v) is 15.7. The number of anilines is 1. The lowest BCUT2D eigenvalue weighted by Crippen LogP contribution is -2.61. The number of benzene rings is 1. The van der Waals surface area contributed by atoms with Crippen molar-refractivity contribution in [3.8, 4) is 0 Å². The van der Waals surface area contributed by atoms with E-state index in [2.05, 4.69) is 21.3 Å². The summed E-state index contributed by atoms with van der Waals surface area (Å²) in [4.78, 5) is 128. The number of carbonyl (C=O) groups is 10. The summed E-state index contributed by atoms with van der Waals surface area (Å²) in [5.41, 5.74) is 3.90. The highest BCUT2D eigenvalue weighted by atomic mass is 16.6. The van der Waals surface area contributed by atoms with Gasteiger partial charge in [0.2, 0.25) is 17.7 Å². The number of amides is 11. The van der Waals surface area contributed by atoms with E-state index in [1.165, 1.54) is 0 Å². The van der Waals surface area contributed by atoms with Gasteiger partial charge in [-0.05, 0) is 30.9 Å². The summed E-state index contributed by atoms with van der Waals surface area (Å²) in [6, 6.07) is 6.10. The molecule has 2 atom stereocenters. The van der Waals surface area contributed by atoms with Crippen LogP contribution in [0.4, 0.5) is 10.5 Å². The van der Waals surface area contributed by atoms with Gasteiger partial charge >= 0.3 is 6.03 Å². The van der Waals surface area contributed by atoms with E-state index in [4.69, 9.17) is 29.4 Å². The summed E-state index contributed by atoms with van der Waals surface area (Å²) < 4.78 is 28.3. The second kappa shape index (κ2) is 27.1. The number of hydrogen-bond donors (Lipinski definition) is 5. The third kappa shape index (κ3) is 17.6. The van der Waals surface area contributed by atoms with Crippen LogP contribution in [0.15, 0.2) is 66.8 Å². The lowest BCUT2D eigenvalue weighted by atomic mass is 10.0. The number of nitrogens with one attached hydrogen (secondary N) is 4. The van der Waals surface area contributed by atoms with Gasteiger partial charge in [-0.25, -0.2) is 4.79 Å². The van der Waals surface area contributed by atoms with Crippen LogP contribution in [0.1, 0.15) is 33.1 Å². The van der Waals surface area contributed by atoms with Crippen LogP contribution in [0.5, 0.6) is 0 Å². The van der Waals surface area contributed by atoms with Crippen molar-refractivity contribution in [3.63, 3.8) is 0 Å². The maximum atomic E-state index is 13.3. The number of primary amides is 1. The molecule has 0 aliphatic carbocycles. The minimum Gasteiger partial charge on any atom is -0.379 e. The van der Waals surface area contributed by atoms with Gasteiger partial charge in [-0.3, -0.25) is 57.9 Å². The van der Waals surface area contributed by atoms with Crippen molar-refractivity contribution in [2.24, 2.45) is 11.7 Å². The number of hydrogen-bond acceptors (Lipinski definition) is 15. The predicted molar refractivity (Wildman–Crippen MR) is 235 cm³/mol. The van der Waals surface area contributed by atoms with Crippen LogP contribution in [0.2, 0.25) is 0 Å². The summed E-state index contributed by atoms with van der Waals surface area (Å²) in [7, 11) is 0. The molecule has 0 aromatic heterocycles. The molecule has 364 valence electrons. The highest BCUT2D eigenvalue weighted by Crippen LogP contribution is 2.24. The molecule has 11 amide bonds. The first kappa shape index (κ1) is 53.0. The number of nitrogens with zero attached hydrogens (tertiary/aromatic N) is 3.